The quantitative estimate of drug-likeness (QED) is 0.611. The number of carbonyl (C=O) groups excluding carboxylic acids is 1. The standard InChI is InChI=1S/C16H12N2O/c1-18-14-7-3-2-5-10(14)11-9-12-13(17-16(11)18)6-4-8-15(12)19/h2-7,9H,8H2,1H3. The zero-order valence-electron chi connectivity index (χ0n) is 10.6. The van der Waals surface area contributed by atoms with E-state index in [2.05, 4.69) is 21.7 Å². The SMILES string of the molecule is Cn1c2ccccc2c2cc3c(nc21)C=CCC3=O. The first kappa shape index (κ1) is 10.5. The van der Waals surface area contributed by atoms with Crippen molar-refractivity contribution in [1.29, 1.82) is 0 Å². The summed E-state index contributed by atoms with van der Waals surface area (Å²) < 4.78 is 2.08. The van der Waals surface area contributed by atoms with E-state index < -0.39 is 0 Å². The highest BCUT2D eigenvalue weighted by Gasteiger charge is 2.18. The minimum atomic E-state index is 0.153. The number of benzene rings is 1. The van der Waals surface area contributed by atoms with Crippen LogP contribution in [0.25, 0.3) is 28.0 Å². The van der Waals surface area contributed by atoms with E-state index >= 15 is 0 Å². The highest BCUT2D eigenvalue weighted by molar-refractivity contribution is 6.11. The molecular weight excluding hydrogens is 236 g/mol. The molecule has 92 valence electrons. The fraction of sp³-hybridized carbons (Fsp3) is 0.125. The summed E-state index contributed by atoms with van der Waals surface area (Å²) in [5.41, 5.74) is 3.60. The molecule has 0 radical (unpaired) electrons. The lowest BCUT2D eigenvalue weighted by Crippen LogP contribution is -2.06. The molecule has 0 bridgehead atoms. The van der Waals surface area contributed by atoms with Crippen molar-refractivity contribution >= 4 is 33.8 Å². The first-order valence-electron chi connectivity index (χ1n) is 6.33. The maximum absolute atomic E-state index is 12.0. The van der Waals surface area contributed by atoms with E-state index in [1.165, 1.54) is 0 Å². The summed E-state index contributed by atoms with van der Waals surface area (Å²) in [5, 5.41) is 2.21. The zero-order valence-corrected chi connectivity index (χ0v) is 10.6. The summed E-state index contributed by atoms with van der Waals surface area (Å²) in [4.78, 5) is 16.6. The van der Waals surface area contributed by atoms with Gasteiger partial charge >= 0.3 is 0 Å². The van der Waals surface area contributed by atoms with E-state index in [0.717, 1.165) is 33.2 Å². The topological polar surface area (TPSA) is 34.9 Å². The van der Waals surface area contributed by atoms with E-state index in [-0.39, 0.29) is 5.78 Å². The monoisotopic (exact) mass is 248 g/mol. The molecule has 0 spiro atoms. The van der Waals surface area contributed by atoms with E-state index in [1.807, 2.05) is 37.4 Å². The van der Waals surface area contributed by atoms with Gasteiger partial charge in [0.2, 0.25) is 0 Å². The second-order valence-electron chi connectivity index (χ2n) is 4.90. The van der Waals surface area contributed by atoms with Crippen LogP contribution in [0.3, 0.4) is 0 Å². The third kappa shape index (κ3) is 1.32. The summed E-state index contributed by atoms with van der Waals surface area (Å²) in [6.45, 7) is 0. The molecule has 0 aliphatic heterocycles. The average Bonchev–Trinajstić information content (AvgIpc) is 2.72. The first-order chi connectivity index (χ1) is 9.25. The van der Waals surface area contributed by atoms with Crippen molar-refractivity contribution in [2.75, 3.05) is 0 Å². The molecule has 3 aromatic rings. The first-order valence-corrected chi connectivity index (χ1v) is 6.33. The maximum atomic E-state index is 12.0. The number of allylic oxidation sites excluding steroid dienone is 1. The van der Waals surface area contributed by atoms with E-state index in [1.54, 1.807) is 0 Å². The summed E-state index contributed by atoms with van der Waals surface area (Å²) >= 11 is 0. The van der Waals surface area contributed by atoms with Gasteiger partial charge in [0.25, 0.3) is 0 Å². The second-order valence-corrected chi connectivity index (χ2v) is 4.90. The Kier molecular flexibility index (Phi) is 1.96. The Labute approximate surface area is 110 Å². The summed E-state index contributed by atoms with van der Waals surface area (Å²) in [6, 6.07) is 10.2. The molecule has 0 fully saturated rings. The van der Waals surface area contributed by atoms with Crippen LogP contribution in [0.15, 0.2) is 36.4 Å². The van der Waals surface area contributed by atoms with Crippen LogP contribution in [0.4, 0.5) is 0 Å². The van der Waals surface area contributed by atoms with Gasteiger partial charge in [-0.05, 0) is 18.2 Å². The number of pyridine rings is 1. The fourth-order valence-electron chi connectivity index (χ4n) is 2.82. The zero-order chi connectivity index (χ0) is 13.0. The smallest absolute Gasteiger partial charge is 0.168 e. The number of hydrogen-bond donors (Lipinski definition) is 0. The number of carbonyl (C=O) groups is 1. The third-order valence-electron chi connectivity index (χ3n) is 3.78. The molecule has 19 heavy (non-hydrogen) atoms. The van der Waals surface area contributed by atoms with Crippen LogP contribution in [-0.2, 0) is 7.05 Å². The van der Waals surface area contributed by atoms with Crippen molar-refractivity contribution in [3.63, 3.8) is 0 Å². The van der Waals surface area contributed by atoms with Crippen LogP contribution < -0.4 is 0 Å². The number of aromatic nitrogens is 2. The van der Waals surface area contributed by atoms with Crippen LogP contribution in [0, 0.1) is 0 Å². The van der Waals surface area contributed by atoms with Gasteiger partial charge in [0, 0.05) is 29.8 Å². The summed E-state index contributed by atoms with van der Waals surface area (Å²) in [7, 11) is 2.01. The predicted octanol–water partition coefficient (Wildman–Crippen LogP) is 3.33. The lowest BCUT2D eigenvalue weighted by molar-refractivity contribution is 0.0994. The van der Waals surface area contributed by atoms with Gasteiger partial charge in [-0.3, -0.25) is 4.79 Å². The predicted molar refractivity (Wildman–Crippen MR) is 76.2 cm³/mol. The molecule has 0 saturated heterocycles. The molecule has 3 nitrogen and oxygen atoms in total. The second kappa shape index (κ2) is 3.54. The molecule has 2 heterocycles. The van der Waals surface area contributed by atoms with Crippen LogP contribution in [0.5, 0.6) is 0 Å². The molecule has 2 aromatic heterocycles. The summed E-state index contributed by atoms with van der Waals surface area (Å²) in [5.74, 6) is 0.153. The molecule has 4 rings (SSSR count). The number of Topliss-reactive ketones (excluding diaryl/α,β-unsaturated/α-hetero) is 1. The van der Waals surface area contributed by atoms with Crippen molar-refractivity contribution in [2.45, 2.75) is 6.42 Å². The summed E-state index contributed by atoms with van der Waals surface area (Å²) in [6.07, 6.45) is 4.30. The molecule has 3 heteroatoms. The van der Waals surface area contributed by atoms with Gasteiger partial charge in [0.1, 0.15) is 5.65 Å². The molecule has 0 unspecified atom stereocenters. The van der Waals surface area contributed by atoms with Crippen LogP contribution in [-0.4, -0.2) is 15.3 Å². The Hall–Kier alpha value is -2.42. The highest BCUT2D eigenvalue weighted by Crippen LogP contribution is 2.30. The fourth-order valence-corrected chi connectivity index (χ4v) is 2.82. The molecule has 0 saturated carbocycles. The molecule has 0 amide bonds. The number of fused-ring (bicyclic) bond motifs is 4. The minimum absolute atomic E-state index is 0.153. The van der Waals surface area contributed by atoms with Gasteiger partial charge < -0.3 is 4.57 Å². The van der Waals surface area contributed by atoms with Gasteiger partial charge in [0.05, 0.1) is 11.2 Å². The van der Waals surface area contributed by atoms with Gasteiger partial charge in [-0.2, -0.15) is 0 Å². The molecular formula is C16H12N2O. The maximum Gasteiger partial charge on any atom is 0.168 e. The number of hydrogen-bond acceptors (Lipinski definition) is 2. The molecule has 1 aliphatic rings. The average molecular weight is 248 g/mol. The number of aryl methyl sites for hydroxylation is 1. The van der Waals surface area contributed by atoms with E-state index in [9.17, 15) is 4.79 Å². The van der Waals surface area contributed by atoms with E-state index in [4.69, 9.17) is 0 Å². The van der Waals surface area contributed by atoms with Crippen LogP contribution in [0.1, 0.15) is 22.5 Å². The van der Waals surface area contributed by atoms with Crippen molar-refractivity contribution in [3.05, 3.63) is 47.7 Å². The normalized spacial score (nSPS) is 14.3. The van der Waals surface area contributed by atoms with Gasteiger partial charge in [-0.25, -0.2) is 4.98 Å². The molecule has 0 atom stereocenters. The Morgan fingerprint density at radius 3 is 2.95 bits per heavy atom. The lowest BCUT2D eigenvalue weighted by atomic mass is 9.99. The Balaban J connectivity index is 2.22. The Morgan fingerprint density at radius 2 is 2.05 bits per heavy atom. The molecule has 1 aromatic carbocycles. The van der Waals surface area contributed by atoms with E-state index in [0.29, 0.717) is 6.42 Å². The van der Waals surface area contributed by atoms with Crippen molar-refractivity contribution in [1.82, 2.24) is 9.55 Å². The van der Waals surface area contributed by atoms with Crippen LogP contribution >= 0.6 is 0 Å². The molecule has 1 aliphatic carbocycles. The van der Waals surface area contributed by atoms with Crippen LogP contribution in [0.2, 0.25) is 0 Å². The minimum Gasteiger partial charge on any atom is -0.328 e. The number of ketones is 1. The van der Waals surface area contributed by atoms with Crippen molar-refractivity contribution in [2.24, 2.45) is 7.05 Å². The Morgan fingerprint density at radius 1 is 1.21 bits per heavy atom. The third-order valence-corrected chi connectivity index (χ3v) is 3.78. The van der Waals surface area contributed by atoms with Crippen molar-refractivity contribution < 1.29 is 4.79 Å². The highest BCUT2D eigenvalue weighted by atomic mass is 16.1. The number of rotatable bonds is 0. The lowest BCUT2D eigenvalue weighted by Gasteiger charge is -2.08. The van der Waals surface area contributed by atoms with Gasteiger partial charge in [-0.1, -0.05) is 24.3 Å². The van der Waals surface area contributed by atoms with Crippen molar-refractivity contribution in [3.8, 4) is 0 Å². The number of para-hydroxylation sites is 1. The largest absolute Gasteiger partial charge is 0.328 e. The Bertz CT molecular complexity index is 871. The number of nitrogens with zero attached hydrogens (tertiary/aromatic N) is 2. The van der Waals surface area contributed by atoms with Gasteiger partial charge in [-0.15, -0.1) is 0 Å². The van der Waals surface area contributed by atoms with Gasteiger partial charge in [0.15, 0.2) is 5.78 Å². The molecule has 0 N–H and O–H groups in total.